The van der Waals surface area contributed by atoms with Gasteiger partial charge in [0, 0.05) is 0 Å². The Hall–Kier alpha value is -0.110. The second-order valence-corrected chi connectivity index (χ2v) is 3.62. The molecule has 1 aliphatic rings. The molecule has 0 bridgehead atoms. The van der Waals surface area contributed by atoms with E-state index in [1.54, 1.807) is 0 Å². The van der Waals surface area contributed by atoms with E-state index in [4.69, 9.17) is 5.73 Å². The molecule has 0 aromatic rings. The van der Waals surface area contributed by atoms with Crippen LogP contribution in [0.25, 0.3) is 0 Å². The zero-order chi connectivity index (χ0) is 8.10. The predicted molar refractivity (Wildman–Crippen MR) is 45.1 cm³/mol. The van der Waals surface area contributed by atoms with Crippen molar-refractivity contribution in [2.24, 2.45) is 17.6 Å². The number of rotatable bonds is 3. The van der Waals surface area contributed by atoms with Crippen LogP contribution in [0.2, 0.25) is 0 Å². The van der Waals surface area contributed by atoms with Gasteiger partial charge in [-0.3, -0.25) is 4.39 Å². The van der Waals surface area contributed by atoms with E-state index >= 15 is 0 Å². The SMILES string of the molecule is NCCC1CCC(CF)CC1. The summed E-state index contributed by atoms with van der Waals surface area (Å²) in [7, 11) is 0. The molecule has 0 aliphatic heterocycles. The summed E-state index contributed by atoms with van der Waals surface area (Å²) in [4.78, 5) is 0. The highest BCUT2D eigenvalue weighted by Gasteiger charge is 2.19. The van der Waals surface area contributed by atoms with Gasteiger partial charge in [0.15, 0.2) is 0 Å². The number of halogens is 1. The fraction of sp³-hybridized carbons (Fsp3) is 1.00. The van der Waals surface area contributed by atoms with Crippen molar-refractivity contribution in [2.45, 2.75) is 32.1 Å². The van der Waals surface area contributed by atoms with Gasteiger partial charge < -0.3 is 5.73 Å². The van der Waals surface area contributed by atoms with E-state index in [0.717, 1.165) is 31.7 Å². The number of hydrogen-bond acceptors (Lipinski definition) is 1. The minimum atomic E-state index is -0.116. The zero-order valence-corrected chi connectivity index (χ0v) is 7.06. The quantitative estimate of drug-likeness (QED) is 0.670. The maximum absolute atomic E-state index is 12.2. The van der Waals surface area contributed by atoms with Crippen LogP contribution in [0, 0.1) is 11.8 Å². The van der Waals surface area contributed by atoms with Crippen molar-refractivity contribution in [1.29, 1.82) is 0 Å². The van der Waals surface area contributed by atoms with Crippen molar-refractivity contribution in [3.63, 3.8) is 0 Å². The molecule has 0 saturated heterocycles. The third-order valence-electron chi connectivity index (χ3n) is 2.76. The molecule has 2 N–H and O–H groups in total. The zero-order valence-electron chi connectivity index (χ0n) is 7.06. The van der Waals surface area contributed by atoms with Crippen molar-refractivity contribution in [3.8, 4) is 0 Å². The smallest absolute Gasteiger partial charge is 0.0922 e. The van der Waals surface area contributed by atoms with E-state index in [0.29, 0.717) is 5.92 Å². The number of nitrogens with two attached hydrogens (primary N) is 1. The Morgan fingerprint density at radius 3 is 2.09 bits per heavy atom. The molecule has 0 spiro atoms. The lowest BCUT2D eigenvalue weighted by molar-refractivity contribution is 0.226. The van der Waals surface area contributed by atoms with Gasteiger partial charge >= 0.3 is 0 Å². The maximum atomic E-state index is 12.2. The summed E-state index contributed by atoms with van der Waals surface area (Å²) in [6, 6.07) is 0. The number of hydrogen-bond donors (Lipinski definition) is 1. The molecular formula is C9H18FN. The molecule has 0 radical (unpaired) electrons. The molecule has 1 nitrogen and oxygen atoms in total. The van der Waals surface area contributed by atoms with E-state index in [1.807, 2.05) is 0 Å². The van der Waals surface area contributed by atoms with Gasteiger partial charge in [-0.2, -0.15) is 0 Å². The second kappa shape index (κ2) is 4.70. The van der Waals surface area contributed by atoms with Gasteiger partial charge in [-0.1, -0.05) is 12.8 Å². The first-order chi connectivity index (χ1) is 5.36. The third-order valence-corrected chi connectivity index (χ3v) is 2.76. The minimum absolute atomic E-state index is 0.116. The molecule has 0 heterocycles. The van der Waals surface area contributed by atoms with E-state index in [9.17, 15) is 4.39 Å². The molecule has 1 aliphatic carbocycles. The number of alkyl halides is 1. The van der Waals surface area contributed by atoms with Crippen LogP contribution < -0.4 is 5.73 Å². The van der Waals surface area contributed by atoms with Crippen molar-refractivity contribution < 1.29 is 4.39 Å². The van der Waals surface area contributed by atoms with Crippen LogP contribution in [-0.4, -0.2) is 13.2 Å². The monoisotopic (exact) mass is 159 g/mol. The summed E-state index contributed by atoms with van der Waals surface area (Å²) in [5, 5.41) is 0. The summed E-state index contributed by atoms with van der Waals surface area (Å²) < 4.78 is 12.2. The van der Waals surface area contributed by atoms with Crippen LogP contribution in [-0.2, 0) is 0 Å². The Morgan fingerprint density at radius 1 is 1.09 bits per heavy atom. The molecule has 0 amide bonds. The lowest BCUT2D eigenvalue weighted by Gasteiger charge is -2.26. The first kappa shape index (κ1) is 8.98. The molecular weight excluding hydrogens is 141 g/mol. The Bertz CT molecular complexity index is 97.7. The lowest BCUT2D eigenvalue weighted by atomic mass is 9.81. The van der Waals surface area contributed by atoms with Crippen LogP contribution in [0.1, 0.15) is 32.1 Å². The van der Waals surface area contributed by atoms with Gasteiger partial charge in [-0.25, -0.2) is 0 Å². The molecule has 66 valence electrons. The van der Waals surface area contributed by atoms with Crippen molar-refractivity contribution >= 4 is 0 Å². The van der Waals surface area contributed by atoms with Crippen molar-refractivity contribution in [2.75, 3.05) is 13.2 Å². The van der Waals surface area contributed by atoms with Crippen LogP contribution in [0.4, 0.5) is 4.39 Å². The van der Waals surface area contributed by atoms with Gasteiger partial charge in [-0.15, -0.1) is 0 Å². The van der Waals surface area contributed by atoms with E-state index in [1.165, 1.54) is 12.8 Å². The molecule has 0 aromatic carbocycles. The van der Waals surface area contributed by atoms with Crippen molar-refractivity contribution in [3.05, 3.63) is 0 Å². The third kappa shape index (κ3) is 2.78. The van der Waals surface area contributed by atoms with Crippen LogP contribution in [0.5, 0.6) is 0 Å². The molecule has 1 rings (SSSR count). The van der Waals surface area contributed by atoms with Crippen LogP contribution >= 0.6 is 0 Å². The van der Waals surface area contributed by atoms with Crippen LogP contribution in [0.3, 0.4) is 0 Å². The minimum Gasteiger partial charge on any atom is -0.330 e. The Balaban J connectivity index is 2.14. The first-order valence-electron chi connectivity index (χ1n) is 4.62. The highest BCUT2D eigenvalue weighted by Crippen LogP contribution is 2.30. The average Bonchev–Trinajstić information content (AvgIpc) is 2.07. The lowest BCUT2D eigenvalue weighted by Crippen LogP contribution is -2.18. The van der Waals surface area contributed by atoms with Gasteiger partial charge in [0.25, 0.3) is 0 Å². The fourth-order valence-electron chi connectivity index (χ4n) is 1.91. The van der Waals surface area contributed by atoms with E-state index in [-0.39, 0.29) is 6.67 Å². The fourth-order valence-corrected chi connectivity index (χ4v) is 1.91. The van der Waals surface area contributed by atoms with Gasteiger partial charge in [-0.05, 0) is 37.6 Å². The predicted octanol–water partition coefficient (Wildman–Crippen LogP) is 2.11. The molecule has 0 unspecified atom stereocenters. The second-order valence-electron chi connectivity index (χ2n) is 3.62. The van der Waals surface area contributed by atoms with E-state index in [2.05, 4.69) is 0 Å². The average molecular weight is 159 g/mol. The van der Waals surface area contributed by atoms with Gasteiger partial charge in [0.05, 0.1) is 6.67 Å². The molecule has 11 heavy (non-hydrogen) atoms. The maximum Gasteiger partial charge on any atom is 0.0922 e. The Kier molecular flexibility index (Phi) is 3.84. The highest BCUT2D eigenvalue weighted by molar-refractivity contribution is 4.72. The summed E-state index contributed by atoms with van der Waals surface area (Å²) >= 11 is 0. The Labute approximate surface area is 68.2 Å². The largest absolute Gasteiger partial charge is 0.330 e. The first-order valence-corrected chi connectivity index (χ1v) is 4.62. The Morgan fingerprint density at radius 2 is 1.64 bits per heavy atom. The molecule has 1 fully saturated rings. The summed E-state index contributed by atoms with van der Waals surface area (Å²) in [6.45, 7) is 0.681. The van der Waals surface area contributed by atoms with Gasteiger partial charge in [0.1, 0.15) is 0 Å². The van der Waals surface area contributed by atoms with E-state index < -0.39 is 0 Å². The molecule has 0 aromatic heterocycles. The summed E-state index contributed by atoms with van der Waals surface area (Å²) in [5.74, 6) is 1.16. The van der Waals surface area contributed by atoms with Crippen molar-refractivity contribution in [1.82, 2.24) is 0 Å². The normalized spacial score (nSPS) is 32.2. The molecule has 0 atom stereocenters. The molecule has 1 saturated carbocycles. The standard InChI is InChI=1S/C9H18FN/c10-7-9-3-1-8(2-4-9)5-6-11/h8-9H,1-7,11H2. The van der Waals surface area contributed by atoms with Gasteiger partial charge in [0.2, 0.25) is 0 Å². The highest BCUT2D eigenvalue weighted by atomic mass is 19.1. The van der Waals surface area contributed by atoms with Crippen LogP contribution in [0.15, 0.2) is 0 Å². The topological polar surface area (TPSA) is 26.0 Å². The summed E-state index contributed by atoms with van der Waals surface area (Å²) in [6.07, 6.45) is 5.71. The summed E-state index contributed by atoms with van der Waals surface area (Å²) in [5.41, 5.74) is 5.45. The molecule has 2 heteroatoms.